The molecule has 2 fully saturated rings. The number of aryl methyl sites for hydroxylation is 1. The van der Waals surface area contributed by atoms with Crippen molar-refractivity contribution in [2.45, 2.75) is 44.0 Å². The average molecular weight is 312 g/mol. The van der Waals surface area contributed by atoms with Crippen molar-refractivity contribution >= 4 is 10.0 Å². The molecule has 0 aromatic carbocycles. The first-order valence-electron chi connectivity index (χ1n) is 7.71. The zero-order valence-electron chi connectivity index (χ0n) is 12.6. The molecule has 0 atom stereocenters. The number of rotatable bonds is 8. The molecule has 2 aliphatic rings. The van der Waals surface area contributed by atoms with Crippen molar-refractivity contribution in [3.63, 3.8) is 0 Å². The number of hydrogen-bond donors (Lipinski definition) is 3. The highest BCUT2D eigenvalue weighted by Gasteiger charge is 2.41. The van der Waals surface area contributed by atoms with Crippen LogP contribution in [0.5, 0.6) is 0 Å². The Bertz CT molecular complexity index is 590. The lowest BCUT2D eigenvalue weighted by molar-refractivity contribution is 0.401. The van der Waals surface area contributed by atoms with Gasteiger partial charge in [0.15, 0.2) is 0 Å². The van der Waals surface area contributed by atoms with Crippen molar-refractivity contribution in [1.29, 1.82) is 0 Å². The van der Waals surface area contributed by atoms with Crippen molar-refractivity contribution in [1.82, 2.24) is 20.2 Å². The Morgan fingerprint density at radius 2 is 1.90 bits per heavy atom. The van der Waals surface area contributed by atoms with Gasteiger partial charge in [0.25, 0.3) is 0 Å². The first-order chi connectivity index (χ1) is 10.0. The Balaban J connectivity index is 1.72. The first-order valence-corrected chi connectivity index (χ1v) is 9.19. The summed E-state index contributed by atoms with van der Waals surface area (Å²) in [4.78, 5) is 0.308. The van der Waals surface area contributed by atoms with Crippen LogP contribution in [0.25, 0.3) is 0 Å². The van der Waals surface area contributed by atoms with Gasteiger partial charge in [-0.15, -0.1) is 0 Å². The highest BCUT2D eigenvalue weighted by molar-refractivity contribution is 7.89. The van der Waals surface area contributed by atoms with Crippen molar-refractivity contribution in [2.24, 2.45) is 17.8 Å². The molecule has 3 rings (SSSR count). The van der Waals surface area contributed by atoms with E-state index in [2.05, 4.69) is 20.2 Å². The maximum absolute atomic E-state index is 12.6. The number of hydrogen-bond acceptors (Lipinski definition) is 4. The van der Waals surface area contributed by atoms with E-state index in [1.807, 2.05) is 0 Å². The second-order valence-electron chi connectivity index (χ2n) is 6.35. The van der Waals surface area contributed by atoms with Crippen LogP contribution in [-0.4, -0.2) is 32.2 Å². The molecule has 2 aliphatic carbocycles. The molecule has 1 heterocycles. The molecule has 2 saturated carbocycles. The Kier molecular flexibility index (Phi) is 4.07. The monoisotopic (exact) mass is 312 g/mol. The summed E-state index contributed by atoms with van der Waals surface area (Å²) in [7, 11) is -1.71. The van der Waals surface area contributed by atoms with E-state index in [0.29, 0.717) is 35.3 Å². The fraction of sp³-hybridized carbons (Fsp3) is 0.786. The van der Waals surface area contributed by atoms with Gasteiger partial charge in [0.2, 0.25) is 10.0 Å². The number of aromatic amines is 1. The smallest absolute Gasteiger partial charge is 0.244 e. The van der Waals surface area contributed by atoms with Gasteiger partial charge >= 0.3 is 0 Å². The Hall–Kier alpha value is -0.920. The number of sulfonamides is 1. The molecule has 7 heteroatoms. The number of aromatic nitrogens is 2. The topological polar surface area (TPSA) is 86.9 Å². The number of H-pyrrole nitrogens is 1. The Morgan fingerprint density at radius 1 is 1.29 bits per heavy atom. The lowest BCUT2D eigenvalue weighted by atomic mass is 9.99. The molecule has 6 nitrogen and oxygen atoms in total. The van der Waals surface area contributed by atoms with E-state index in [1.54, 1.807) is 14.0 Å². The van der Waals surface area contributed by atoms with E-state index in [-0.39, 0.29) is 0 Å². The van der Waals surface area contributed by atoms with Gasteiger partial charge in [0, 0.05) is 13.1 Å². The van der Waals surface area contributed by atoms with Crippen molar-refractivity contribution in [2.75, 3.05) is 13.6 Å². The van der Waals surface area contributed by atoms with Gasteiger partial charge in [-0.25, -0.2) is 13.1 Å². The summed E-state index contributed by atoms with van der Waals surface area (Å²) in [6, 6.07) is 0. The Morgan fingerprint density at radius 3 is 2.43 bits per heavy atom. The van der Waals surface area contributed by atoms with Crippen molar-refractivity contribution in [3.05, 3.63) is 11.4 Å². The van der Waals surface area contributed by atoms with Gasteiger partial charge in [-0.1, -0.05) is 0 Å². The molecule has 0 spiro atoms. The largest absolute Gasteiger partial charge is 0.314 e. The van der Waals surface area contributed by atoms with Gasteiger partial charge in [-0.05, 0) is 57.4 Å². The number of nitrogens with zero attached hydrogens (tertiary/aromatic N) is 1. The SMILES string of the molecule is CNCc1n[nH]c(C)c1S(=O)(=O)NCC(C1CC1)C1CC1. The molecule has 1 aromatic rings. The quantitative estimate of drug-likeness (QED) is 0.672. The highest BCUT2D eigenvalue weighted by Crippen LogP contribution is 2.48. The van der Waals surface area contributed by atoms with Crippen LogP contribution in [0, 0.1) is 24.7 Å². The first kappa shape index (κ1) is 15.0. The van der Waals surface area contributed by atoms with Crippen molar-refractivity contribution < 1.29 is 8.42 Å². The maximum atomic E-state index is 12.6. The maximum Gasteiger partial charge on any atom is 0.244 e. The van der Waals surface area contributed by atoms with E-state index in [0.717, 1.165) is 11.8 Å². The number of nitrogens with one attached hydrogen (secondary N) is 3. The van der Waals surface area contributed by atoms with Crippen LogP contribution in [-0.2, 0) is 16.6 Å². The molecule has 0 unspecified atom stereocenters. The second kappa shape index (κ2) is 5.70. The minimum absolute atomic E-state index is 0.308. The fourth-order valence-corrected chi connectivity index (χ4v) is 4.59. The molecule has 0 saturated heterocycles. The van der Waals surface area contributed by atoms with Gasteiger partial charge in [0.05, 0.1) is 11.4 Å². The summed E-state index contributed by atoms with van der Waals surface area (Å²) in [6.45, 7) is 2.76. The zero-order chi connectivity index (χ0) is 15.0. The Labute approximate surface area is 126 Å². The molecule has 3 N–H and O–H groups in total. The van der Waals surface area contributed by atoms with E-state index in [1.165, 1.54) is 25.7 Å². The van der Waals surface area contributed by atoms with Crippen LogP contribution in [0.15, 0.2) is 4.90 Å². The predicted octanol–water partition coefficient (Wildman–Crippen LogP) is 1.15. The molecular weight excluding hydrogens is 288 g/mol. The molecule has 118 valence electrons. The summed E-state index contributed by atoms with van der Waals surface area (Å²) in [5.41, 5.74) is 1.15. The summed E-state index contributed by atoms with van der Waals surface area (Å²) in [6.07, 6.45) is 5.05. The van der Waals surface area contributed by atoms with Crippen LogP contribution >= 0.6 is 0 Å². The molecule has 0 amide bonds. The summed E-state index contributed by atoms with van der Waals surface area (Å²) >= 11 is 0. The van der Waals surface area contributed by atoms with Crippen LogP contribution in [0.1, 0.15) is 37.1 Å². The van der Waals surface area contributed by atoms with Crippen LogP contribution in [0.2, 0.25) is 0 Å². The van der Waals surface area contributed by atoms with Crippen LogP contribution < -0.4 is 10.0 Å². The third kappa shape index (κ3) is 3.30. The minimum atomic E-state index is -3.49. The average Bonchev–Trinajstić information content (AvgIpc) is 3.31. The van der Waals surface area contributed by atoms with E-state index < -0.39 is 10.0 Å². The van der Waals surface area contributed by atoms with E-state index in [4.69, 9.17) is 0 Å². The van der Waals surface area contributed by atoms with Crippen LogP contribution in [0.4, 0.5) is 0 Å². The van der Waals surface area contributed by atoms with Gasteiger partial charge in [0.1, 0.15) is 4.90 Å². The lowest BCUT2D eigenvalue weighted by Gasteiger charge is -2.16. The minimum Gasteiger partial charge on any atom is -0.314 e. The molecule has 0 bridgehead atoms. The predicted molar refractivity (Wildman–Crippen MR) is 80.2 cm³/mol. The van der Waals surface area contributed by atoms with Gasteiger partial charge < -0.3 is 5.32 Å². The molecule has 0 radical (unpaired) electrons. The molecule has 21 heavy (non-hydrogen) atoms. The molecule has 0 aliphatic heterocycles. The van der Waals surface area contributed by atoms with E-state index in [9.17, 15) is 8.42 Å². The standard InChI is InChI=1S/C14H24N4O2S/c1-9-14(13(8-15-2)18-17-9)21(19,20)16-7-12(10-3-4-10)11-5-6-11/h10-12,15-16H,3-8H2,1-2H3,(H,17,18). The normalized spacial score (nSPS) is 19.4. The lowest BCUT2D eigenvalue weighted by Crippen LogP contribution is -2.32. The summed E-state index contributed by atoms with van der Waals surface area (Å²) < 4.78 is 28.0. The summed E-state index contributed by atoms with van der Waals surface area (Å²) in [5.74, 6) is 2.00. The van der Waals surface area contributed by atoms with Crippen LogP contribution in [0.3, 0.4) is 0 Å². The second-order valence-corrected chi connectivity index (χ2v) is 8.05. The zero-order valence-corrected chi connectivity index (χ0v) is 13.5. The van der Waals surface area contributed by atoms with Gasteiger partial charge in [-0.2, -0.15) is 5.10 Å². The van der Waals surface area contributed by atoms with E-state index >= 15 is 0 Å². The highest BCUT2D eigenvalue weighted by atomic mass is 32.2. The van der Waals surface area contributed by atoms with Gasteiger partial charge in [-0.3, -0.25) is 5.10 Å². The van der Waals surface area contributed by atoms with Crippen molar-refractivity contribution in [3.8, 4) is 0 Å². The molecular formula is C14H24N4O2S. The third-order valence-corrected chi connectivity index (χ3v) is 6.16. The fourth-order valence-electron chi connectivity index (χ4n) is 3.16. The molecule has 1 aromatic heterocycles. The third-order valence-electron chi connectivity index (χ3n) is 4.54. The summed E-state index contributed by atoms with van der Waals surface area (Å²) in [5, 5.41) is 9.82.